The second kappa shape index (κ2) is 6.84. The molecule has 106 valence electrons. The summed E-state index contributed by atoms with van der Waals surface area (Å²) < 4.78 is 5.61. The molecule has 0 heterocycles. The van der Waals surface area contributed by atoms with Crippen LogP contribution in [0.4, 0.5) is 0 Å². The predicted octanol–water partition coefficient (Wildman–Crippen LogP) is 3.61. The Labute approximate surface area is 123 Å². The SMILES string of the molecule is CC(C)(C)OO[SiH2]C(c1ccccc1)c1ccccc1. The van der Waals surface area contributed by atoms with E-state index in [4.69, 9.17) is 9.46 Å². The zero-order chi connectivity index (χ0) is 14.4. The van der Waals surface area contributed by atoms with Gasteiger partial charge in [-0.3, -0.25) is 4.58 Å². The molecule has 2 nitrogen and oxygen atoms in total. The lowest BCUT2D eigenvalue weighted by atomic mass is 10.0. The van der Waals surface area contributed by atoms with Gasteiger partial charge in [-0.25, -0.2) is 4.89 Å². The van der Waals surface area contributed by atoms with E-state index in [0.29, 0.717) is 5.54 Å². The van der Waals surface area contributed by atoms with Crippen LogP contribution in [0, 0.1) is 0 Å². The van der Waals surface area contributed by atoms with Gasteiger partial charge in [0.05, 0.1) is 5.60 Å². The van der Waals surface area contributed by atoms with E-state index < -0.39 is 9.76 Å². The lowest BCUT2D eigenvalue weighted by Crippen LogP contribution is -2.23. The van der Waals surface area contributed by atoms with Crippen LogP contribution in [0.2, 0.25) is 0 Å². The third kappa shape index (κ3) is 4.60. The molecular weight excluding hydrogens is 264 g/mol. The molecule has 2 rings (SSSR count). The number of benzene rings is 2. The van der Waals surface area contributed by atoms with E-state index in [9.17, 15) is 0 Å². The van der Waals surface area contributed by atoms with Gasteiger partial charge in [-0.2, -0.15) is 0 Å². The van der Waals surface area contributed by atoms with Crippen LogP contribution >= 0.6 is 0 Å². The van der Waals surface area contributed by atoms with Gasteiger partial charge in [0.25, 0.3) is 0 Å². The minimum Gasteiger partial charge on any atom is -0.293 e. The van der Waals surface area contributed by atoms with E-state index in [-0.39, 0.29) is 5.60 Å². The van der Waals surface area contributed by atoms with Crippen LogP contribution < -0.4 is 0 Å². The van der Waals surface area contributed by atoms with Gasteiger partial charge in [0.15, 0.2) is 0 Å². The molecule has 3 heteroatoms. The highest BCUT2D eigenvalue weighted by molar-refractivity contribution is 6.31. The van der Waals surface area contributed by atoms with Crippen LogP contribution in [0.15, 0.2) is 60.7 Å². The topological polar surface area (TPSA) is 18.5 Å². The van der Waals surface area contributed by atoms with Crippen molar-refractivity contribution in [3.63, 3.8) is 0 Å². The molecule has 0 aliphatic rings. The molecule has 0 unspecified atom stereocenters. The molecule has 2 aromatic rings. The fraction of sp³-hybridized carbons (Fsp3) is 0.294. The third-order valence-corrected chi connectivity index (χ3v) is 4.48. The van der Waals surface area contributed by atoms with E-state index in [1.807, 2.05) is 32.9 Å². The quantitative estimate of drug-likeness (QED) is 0.475. The second-order valence-corrected chi connectivity index (χ2v) is 7.24. The summed E-state index contributed by atoms with van der Waals surface area (Å²) in [4.78, 5) is 5.46. The fourth-order valence-corrected chi connectivity index (χ4v) is 3.52. The summed E-state index contributed by atoms with van der Waals surface area (Å²) in [6.45, 7) is 6.00. The Balaban J connectivity index is 2.13. The molecule has 0 radical (unpaired) electrons. The van der Waals surface area contributed by atoms with Crippen molar-refractivity contribution in [2.45, 2.75) is 31.9 Å². The van der Waals surface area contributed by atoms with E-state index in [1.54, 1.807) is 0 Å². The van der Waals surface area contributed by atoms with Gasteiger partial charge >= 0.3 is 0 Å². The Kier molecular flexibility index (Phi) is 5.12. The Morgan fingerprint density at radius 1 is 0.800 bits per heavy atom. The van der Waals surface area contributed by atoms with Crippen LogP contribution in [-0.4, -0.2) is 15.4 Å². The molecule has 0 atom stereocenters. The molecule has 0 aromatic heterocycles. The van der Waals surface area contributed by atoms with Crippen molar-refractivity contribution in [3.05, 3.63) is 71.8 Å². The minimum atomic E-state index is -0.873. The molecule has 20 heavy (non-hydrogen) atoms. The van der Waals surface area contributed by atoms with Crippen molar-refractivity contribution in [2.75, 3.05) is 0 Å². The minimum absolute atomic E-state index is 0.259. The van der Waals surface area contributed by atoms with Crippen LogP contribution in [0.25, 0.3) is 0 Å². The fourth-order valence-electron chi connectivity index (χ4n) is 2.03. The van der Waals surface area contributed by atoms with Gasteiger partial charge < -0.3 is 0 Å². The molecule has 2 aromatic carbocycles. The van der Waals surface area contributed by atoms with E-state index >= 15 is 0 Å². The van der Waals surface area contributed by atoms with E-state index in [0.717, 1.165) is 0 Å². The first-order valence-electron chi connectivity index (χ1n) is 6.97. The largest absolute Gasteiger partial charge is 0.293 e. The zero-order valence-electron chi connectivity index (χ0n) is 12.4. The first-order chi connectivity index (χ1) is 9.56. The highest BCUT2D eigenvalue weighted by Gasteiger charge is 2.18. The Bertz CT molecular complexity index is 466. The average Bonchev–Trinajstić information content (AvgIpc) is 2.44. The lowest BCUT2D eigenvalue weighted by molar-refractivity contribution is -0.277. The molecule has 0 N–H and O–H groups in total. The molecule has 0 aliphatic heterocycles. The molecule has 0 saturated carbocycles. The summed E-state index contributed by atoms with van der Waals surface area (Å²) in [5, 5.41) is 0. The molecule has 0 aliphatic carbocycles. The Hall–Kier alpha value is -1.42. The monoisotopic (exact) mass is 286 g/mol. The number of hydrogen-bond acceptors (Lipinski definition) is 2. The first kappa shape index (κ1) is 15.0. The van der Waals surface area contributed by atoms with Crippen LogP contribution in [-0.2, 0) is 9.46 Å². The standard InChI is InChI=1S/C17H22O2Si/c1-17(2,3)18-19-20-16(14-10-6-4-7-11-14)15-12-8-5-9-13-15/h4-13,16H,20H2,1-3H3. The molecule has 0 amide bonds. The zero-order valence-corrected chi connectivity index (χ0v) is 13.8. The van der Waals surface area contributed by atoms with Gasteiger partial charge in [-0.1, -0.05) is 60.7 Å². The van der Waals surface area contributed by atoms with Crippen molar-refractivity contribution < 1.29 is 9.46 Å². The molecule has 0 saturated heterocycles. The van der Waals surface area contributed by atoms with Crippen LogP contribution in [0.5, 0.6) is 0 Å². The summed E-state index contributed by atoms with van der Waals surface area (Å²) in [6.07, 6.45) is 0. The Morgan fingerprint density at radius 3 is 1.65 bits per heavy atom. The van der Waals surface area contributed by atoms with Gasteiger partial charge in [0, 0.05) is 5.54 Å². The maximum atomic E-state index is 5.61. The molecule has 0 spiro atoms. The van der Waals surface area contributed by atoms with Gasteiger partial charge in [0.1, 0.15) is 0 Å². The first-order valence-corrected chi connectivity index (χ1v) is 8.36. The number of hydrogen-bond donors (Lipinski definition) is 0. The summed E-state index contributed by atoms with van der Waals surface area (Å²) in [5.41, 5.74) is 2.65. The van der Waals surface area contributed by atoms with Crippen molar-refractivity contribution in [1.82, 2.24) is 0 Å². The van der Waals surface area contributed by atoms with E-state index in [2.05, 4.69) is 48.5 Å². The molecular formula is C17H22O2Si. The highest BCUT2D eigenvalue weighted by Crippen LogP contribution is 2.24. The van der Waals surface area contributed by atoms with Gasteiger partial charge in [0.2, 0.25) is 9.76 Å². The number of rotatable bonds is 5. The Morgan fingerprint density at radius 2 is 1.25 bits per heavy atom. The van der Waals surface area contributed by atoms with E-state index in [1.165, 1.54) is 11.1 Å². The average molecular weight is 286 g/mol. The summed E-state index contributed by atoms with van der Waals surface area (Å²) >= 11 is 0. The van der Waals surface area contributed by atoms with Crippen LogP contribution in [0.1, 0.15) is 37.4 Å². The highest BCUT2D eigenvalue weighted by atomic mass is 28.2. The summed E-state index contributed by atoms with van der Waals surface area (Å²) in [7, 11) is -0.873. The third-order valence-electron chi connectivity index (χ3n) is 2.95. The second-order valence-electron chi connectivity index (χ2n) is 5.85. The smallest absolute Gasteiger partial charge is 0.220 e. The van der Waals surface area contributed by atoms with Gasteiger partial charge in [-0.15, -0.1) is 0 Å². The molecule has 0 fully saturated rings. The van der Waals surface area contributed by atoms with Crippen molar-refractivity contribution in [1.29, 1.82) is 0 Å². The maximum Gasteiger partial charge on any atom is 0.220 e. The van der Waals surface area contributed by atoms with Crippen molar-refractivity contribution in [3.8, 4) is 0 Å². The van der Waals surface area contributed by atoms with Crippen molar-refractivity contribution >= 4 is 9.76 Å². The van der Waals surface area contributed by atoms with Crippen LogP contribution in [0.3, 0.4) is 0 Å². The maximum absolute atomic E-state index is 5.61. The van der Waals surface area contributed by atoms with Crippen molar-refractivity contribution in [2.24, 2.45) is 0 Å². The summed E-state index contributed by atoms with van der Waals surface area (Å²) in [5.74, 6) is 0. The summed E-state index contributed by atoms with van der Waals surface area (Å²) in [6, 6.07) is 21.0. The normalized spacial score (nSPS) is 12.4. The van der Waals surface area contributed by atoms with Gasteiger partial charge in [-0.05, 0) is 31.9 Å². The molecule has 0 bridgehead atoms. The predicted molar refractivity (Wildman–Crippen MR) is 85.2 cm³/mol. The lowest BCUT2D eigenvalue weighted by Gasteiger charge is -2.22.